The van der Waals surface area contributed by atoms with E-state index in [0.29, 0.717) is 0 Å². The van der Waals surface area contributed by atoms with Crippen molar-refractivity contribution in [1.82, 2.24) is 10.6 Å². The third-order valence-electron chi connectivity index (χ3n) is 3.43. The largest absolute Gasteiger partial charge is 0.507 e. The molecule has 2 amide bonds. The van der Waals surface area contributed by atoms with E-state index < -0.39 is 17.9 Å². The van der Waals surface area contributed by atoms with E-state index in [0.717, 1.165) is 0 Å². The molecule has 2 aromatic carbocycles. The summed E-state index contributed by atoms with van der Waals surface area (Å²) in [6, 6.07) is 11.8. The molecule has 0 aliphatic rings. The smallest absolute Gasteiger partial charge is 0.255 e. The first kappa shape index (κ1) is 17.3. The first-order valence-electron chi connectivity index (χ1n) is 7.38. The number of carbonyl (C=O) groups excluding carboxylic acids is 2. The minimum atomic E-state index is -0.521. The molecule has 2 aromatic rings. The highest BCUT2D eigenvalue weighted by atomic mass is 16.3. The molecule has 0 bridgehead atoms. The van der Waals surface area contributed by atoms with Gasteiger partial charge in [0.25, 0.3) is 11.8 Å². The summed E-state index contributed by atoms with van der Waals surface area (Å²) in [5, 5.41) is 24.6. The zero-order valence-corrected chi connectivity index (χ0v) is 12.9. The topological polar surface area (TPSA) is 125 Å². The molecule has 7 heteroatoms. The first-order chi connectivity index (χ1) is 11.5. The third kappa shape index (κ3) is 4.23. The molecule has 0 saturated carbocycles. The molecule has 0 saturated heterocycles. The lowest BCUT2D eigenvalue weighted by Gasteiger charge is -2.18. The summed E-state index contributed by atoms with van der Waals surface area (Å²) in [7, 11) is 0. The van der Waals surface area contributed by atoms with Crippen LogP contribution in [-0.4, -0.2) is 41.2 Å². The molecule has 1 unspecified atom stereocenters. The summed E-state index contributed by atoms with van der Waals surface area (Å²) in [5.74, 6) is -1.22. The van der Waals surface area contributed by atoms with E-state index in [1.807, 2.05) is 0 Å². The minimum absolute atomic E-state index is 0.0863. The molecule has 0 heterocycles. The number of nitrogens with one attached hydrogen (secondary N) is 2. The maximum absolute atomic E-state index is 12.1. The number of phenols is 2. The van der Waals surface area contributed by atoms with E-state index in [1.54, 1.807) is 24.3 Å². The number of benzene rings is 2. The monoisotopic (exact) mass is 329 g/mol. The molecule has 0 aliphatic heterocycles. The lowest BCUT2D eigenvalue weighted by Crippen LogP contribution is -2.47. The van der Waals surface area contributed by atoms with Crippen LogP contribution in [0.1, 0.15) is 20.7 Å². The van der Waals surface area contributed by atoms with Crippen molar-refractivity contribution in [3.63, 3.8) is 0 Å². The Morgan fingerprint density at radius 3 is 1.92 bits per heavy atom. The molecular weight excluding hydrogens is 310 g/mol. The van der Waals surface area contributed by atoms with Gasteiger partial charge in [0.2, 0.25) is 0 Å². The van der Waals surface area contributed by atoms with Gasteiger partial charge in [0.05, 0.1) is 17.2 Å². The van der Waals surface area contributed by atoms with Gasteiger partial charge in [0.15, 0.2) is 0 Å². The lowest BCUT2D eigenvalue weighted by molar-refractivity contribution is 0.0907. The molecule has 0 fully saturated rings. The average molecular weight is 329 g/mol. The van der Waals surface area contributed by atoms with Crippen LogP contribution in [0.4, 0.5) is 0 Å². The van der Waals surface area contributed by atoms with E-state index in [1.165, 1.54) is 24.3 Å². The molecular formula is C17H19N3O4. The van der Waals surface area contributed by atoms with Crippen molar-refractivity contribution in [3.8, 4) is 11.5 Å². The SMILES string of the molecule is NCC(CNC(=O)c1ccccc1O)NC(=O)c1ccccc1O. The van der Waals surface area contributed by atoms with Crippen LogP contribution in [0.15, 0.2) is 48.5 Å². The number of hydrogen-bond acceptors (Lipinski definition) is 5. The first-order valence-corrected chi connectivity index (χ1v) is 7.38. The lowest BCUT2D eigenvalue weighted by atomic mass is 10.1. The fourth-order valence-corrected chi connectivity index (χ4v) is 2.10. The average Bonchev–Trinajstić information content (AvgIpc) is 2.58. The van der Waals surface area contributed by atoms with Crippen LogP contribution in [0.25, 0.3) is 0 Å². The van der Waals surface area contributed by atoms with Gasteiger partial charge in [-0.3, -0.25) is 9.59 Å². The van der Waals surface area contributed by atoms with Crippen LogP contribution in [0.2, 0.25) is 0 Å². The Hall–Kier alpha value is -3.06. The summed E-state index contributed by atoms with van der Waals surface area (Å²) in [6.07, 6.45) is 0. The van der Waals surface area contributed by atoms with Crippen LogP contribution in [0.5, 0.6) is 11.5 Å². The van der Waals surface area contributed by atoms with Gasteiger partial charge >= 0.3 is 0 Å². The van der Waals surface area contributed by atoms with Crippen LogP contribution in [0, 0.1) is 0 Å². The van der Waals surface area contributed by atoms with Gasteiger partial charge in [-0.2, -0.15) is 0 Å². The number of nitrogens with two attached hydrogens (primary N) is 1. The Labute approximate surface area is 139 Å². The minimum Gasteiger partial charge on any atom is -0.507 e. The molecule has 126 valence electrons. The Morgan fingerprint density at radius 1 is 0.917 bits per heavy atom. The van der Waals surface area contributed by atoms with Crippen molar-refractivity contribution >= 4 is 11.8 Å². The Balaban J connectivity index is 1.95. The van der Waals surface area contributed by atoms with E-state index in [2.05, 4.69) is 10.6 Å². The van der Waals surface area contributed by atoms with E-state index in [-0.39, 0.29) is 35.7 Å². The molecule has 0 aromatic heterocycles. The molecule has 0 spiro atoms. The summed E-state index contributed by atoms with van der Waals surface area (Å²) in [6.45, 7) is 0.184. The van der Waals surface area contributed by atoms with Gasteiger partial charge in [0.1, 0.15) is 11.5 Å². The summed E-state index contributed by atoms with van der Waals surface area (Å²) in [5.41, 5.74) is 5.88. The predicted molar refractivity (Wildman–Crippen MR) is 88.9 cm³/mol. The van der Waals surface area contributed by atoms with Crippen LogP contribution < -0.4 is 16.4 Å². The molecule has 6 N–H and O–H groups in total. The number of para-hydroxylation sites is 2. The van der Waals surface area contributed by atoms with Gasteiger partial charge in [-0.1, -0.05) is 24.3 Å². The van der Waals surface area contributed by atoms with Crippen molar-refractivity contribution in [3.05, 3.63) is 59.7 Å². The number of rotatable bonds is 6. The second kappa shape index (κ2) is 7.98. The van der Waals surface area contributed by atoms with Gasteiger partial charge in [0, 0.05) is 13.1 Å². The number of carbonyl (C=O) groups is 2. The fraction of sp³-hybridized carbons (Fsp3) is 0.176. The standard InChI is InChI=1S/C17H19N3O4/c18-9-11(20-17(24)13-6-2-4-8-15(13)22)10-19-16(23)12-5-1-3-7-14(12)21/h1-8,11,21-22H,9-10,18H2,(H,19,23)(H,20,24). The van der Waals surface area contributed by atoms with E-state index in [4.69, 9.17) is 5.73 Å². The number of aromatic hydroxyl groups is 2. The van der Waals surface area contributed by atoms with Gasteiger partial charge in [-0.05, 0) is 24.3 Å². The molecule has 1 atom stereocenters. The Morgan fingerprint density at radius 2 is 1.42 bits per heavy atom. The quantitative estimate of drug-likeness (QED) is 0.530. The number of amides is 2. The van der Waals surface area contributed by atoms with E-state index >= 15 is 0 Å². The zero-order chi connectivity index (χ0) is 17.5. The summed E-state index contributed by atoms with van der Waals surface area (Å²) in [4.78, 5) is 24.2. The summed E-state index contributed by atoms with van der Waals surface area (Å²) < 4.78 is 0. The molecule has 2 rings (SSSR count). The highest BCUT2D eigenvalue weighted by molar-refractivity contribution is 5.98. The van der Waals surface area contributed by atoms with Crippen LogP contribution >= 0.6 is 0 Å². The number of hydrogen-bond donors (Lipinski definition) is 5. The van der Waals surface area contributed by atoms with Gasteiger partial charge in [-0.15, -0.1) is 0 Å². The van der Waals surface area contributed by atoms with E-state index in [9.17, 15) is 19.8 Å². The Bertz CT molecular complexity index is 733. The molecule has 7 nitrogen and oxygen atoms in total. The third-order valence-corrected chi connectivity index (χ3v) is 3.43. The predicted octanol–water partition coefficient (Wildman–Crippen LogP) is 0.585. The second-order valence-corrected chi connectivity index (χ2v) is 5.15. The van der Waals surface area contributed by atoms with Crippen molar-refractivity contribution in [2.75, 3.05) is 13.1 Å². The van der Waals surface area contributed by atoms with Gasteiger partial charge in [-0.25, -0.2) is 0 Å². The van der Waals surface area contributed by atoms with Crippen LogP contribution in [-0.2, 0) is 0 Å². The van der Waals surface area contributed by atoms with Crippen molar-refractivity contribution in [2.45, 2.75) is 6.04 Å². The molecule has 0 radical (unpaired) electrons. The summed E-state index contributed by atoms with van der Waals surface area (Å²) >= 11 is 0. The molecule has 0 aliphatic carbocycles. The van der Waals surface area contributed by atoms with Crippen molar-refractivity contribution < 1.29 is 19.8 Å². The zero-order valence-electron chi connectivity index (χ0n) is 12.9. The van der Waals surface area contributed by atoms with Crippen molar-refractivity contribution in [2.24, 2.45) is 5.73 Å². The Kier molecular flexibility index (Phi) is 5.75. The fourth-order valence-electron chi connectivity index (χ4n) is 2.10. The molecule has 24 heavy (non-hydrogen) atoms. The highest BCUT2D eigenvalue weighted by Crippen LogP contribution is 2.16. The second-order valence-electron chi connectivity index (χ2n) is 5.15. The normalized spacial score (nSPS) is 11.5. The van der Waals surface area contributed by atoms with Crippen molar-refractivity contribution in [1.29, 1.82) is 0 Å². The number of phenolic OH excluding ortho intramolecular Hbond substituents is 2. The van der Waals surface area contributed by atoms with Crippen LogP contribution in [0.3, 0.4) is 0 Å². The maximum atomic E-state index is 12.1. The highest BCUT2D eigenvalue weighted by Gasteiger charge is 2.17. The maximum Gasteiger partial charge on any atom is 0.255 e. The van der Waals surface area contributed by atoms with Gasteiger partial charge < -0.3 is 26.6 Å².